The Balaban J connectivity index is 2.42. The van der Waals surface area contributed by atoms with Gasteiger partial charge >= 0.3 is 0 Å². The average Bonchev–Trinajstić information content (AvgIpc) is 2.09. The molecule has 0 aromatic carbocycles. The van der Waals surface area contributed by atoms with Gasteiger partial charge in [0.25, 0.3) is 6.47 Å². The molecular weight excluding hydrogens is 178 g/mol. The molecule has 1 rings (SSSR count). The summed E-state index contributed by atoms with van der Waals surface area (Å²) in [4.78, 5) is 13.8. The van der Waals surface area contributed by atoms with Gasteiger partial charge in [-0.25, -0.2) is 0 Å². The molecule has 0 unspecified atom stereocenters. The van der Waals surface area contributed by atoms with E-state index in [9.17, 15) is 4.79 Å². The van der Waals surface area contributed by atoms with Crippen LogP contribution in [0.3, 0.4) is 0 Å². The second-order valence-electron chi connectivity index (χ2n) is 2.18. The molecule has 0 amide bonds. The molecule has 1 heterocycles. The smallest absolute Gasteiger partial charge is 0.293 e. The third-order valence-electron chi connectivity index (χ3n) is 1.33. The lowest BCUT2D eigenvalue weighted by Crippen LogP contribution is -1.98. The van der Waals surface area contributed by atoms with Crippen molar-refractivity contribution in [3.8, 4) is 0 Å². The molecule has 0 saturated heterocycles. The van der Waals surface area contributed by atoms with E-state index in [1.165, 1.54) is 0 Å². The Hall–Kier alpha value is -1.09. The van der Waals surface area contributed by atoms with Crippen LogP contribution in [0.2, 0.25) is 5.02 Å². The van der Waals surface area contributed by atoms with Gasteiger partial charge < -0.3 is 4.74 Å². The third-order valence-corrected chi connectivity index (χ3v) is 1.56. The molecule has 4 heteroatoms. The molecule has 12 heavy (non-hydrogen) atoms. The molecule has 1 aromatic heterocycles. The molecule has 0 N–H and O–H groups in total. The van der Waals surface area contributed by atoms with Crippen LogP contribution in [0.4, 0.5) is 0 Å². The van der Waals surface area contributed by atoms with E-state index >= 15 is 0 Å². The van der Waals surface area contributed by atoms with Gasteiger partial charge in [0.2, 0.25) is 0 Å². The molecular formula is C8H8ClNO2. The number of hydrogen-bond acceptors (Lipinski definition) is 3. The molecule has 0 spiro atoms. The summed E-state index contributed by atoms with van der Waals surface area (Å²) in [6.07, 6.45) is 2.19. The van der Waals surface area contributed by atoms with Crippen LogP contribution in [0.5, 0.6) is 0 Å². The minimum atomic E-state index is 0.359. The molecule has 1 aromatic rings. The van der Waals surface area contributed by atoms with Crippen LogP contribution >= 0.6 is 11.6 Å². The topological polar surface area (TPSA) is 39.2 Å². The van der Waals surface area contributed by atoms with E-state index < -0.39 is 0 Å². The zero-order valence-electron chi connectivity index (χ0n) is 6.37. The Bertz CT molecular complexity index is 248. The van der Waals surface area contributed by atoms with Crippen LogP contribution in [-0.2, 0) is 16.0 Å². The molecule has 0 aliphatic heterocycles. The largest absolute Gasteiger partial charge is 0.467 e. The lowest BCUT2D eigenvalue weighted by Gasteiger charge is -1.98. The van der Waals surface area contributed by atoms with Crippen molar-refractivity contribution in [3.63, 3.8) is 0 Å². The summed E-state index contributed by atoms with van der Waals surface area (Å²) < 4.78 is 4.51. The van der Waals surface area contributed by atoms with Gasteiger partial charge in [-0.2, -0.15) is 0 Å². The first-order chi connectivity index (χ1) is 5.83. The molecule has 0 atom stereocenters. The van der Waals surface area contributed by atoms with Crippen LogP contribution in [0.25, 0.3) is 0 Å². The first-order valence-corrected chi connectivity index (χ1v) is 3.86. The number of ether oxygens (including phenoxy) is 1. The zero-order chi connectivity index (χ0) is 8.81. The maximum Gasteiger partial charge on any atom is 0.293 e. The van der Waals surface area contributed by atoms with Crippen molar-refractivity contribution in [2.24, 2.45) is 0 Å². The van der Waals surface area contributed by atoms with Crippen LogP contribution in [0.15, 0.2) is 18.3 Å². The standard InChI is InChI=1S/C8H8ClNO2/c9-7-1-2-8(10-5-7)3-4-12-6-11/h1-2,5-6H,3-4H2. The van der Waals surface area contributed by atoms with E-state index in [1.807, 2.05) is 0 Å². The molecule has 3 nitrogen and oxygen atoms in total. The fraction of sp³-hybridized carbons (Fsp3) is 0.250. The number of hydrogen-bond donors (Lipinski definition) is 0. The van der Waals surface area contributed by atoms with Crippen LogP contribution in [-0.4, -0.2) is 18.1 Å². The van der Waals surface area contributed by atoms with Gasteiger partial charge in [0.15, 0.2) is 0 Å². The van der Waals surface area contributed by atoms with Crippen molar-refractivity contribution in [1.82, 2.24) is 4.98 Å². The predicted molar refractivity (Wildman–Crippen MR) is 45.0 cm³/mol. The van der Waals surface area contributed by atoms with E-state index in [2.05, 4.69) is 9.72 Å². The highest BCUT2D eigenvalue weighted by atomic mass is 35.5. The number of carbonyl (C=O) groups is 1. The van der Waals surface area contributed by atoms with E-state index in [-0.39, 0.29) is 0 Å². The van der Waals surface area contributed by atoms with Gasteiger partial charge in [0, 0.05) is 18.3 Å². The SMILES string of the molecule is O=COCCc1ccc(Cl)cn1. The van der Waals surface area contributed by atoms with Crippen molar-refractivity contribution in [1.29, 1.82) is 0 Å². The minimum absolute atomic E-state index is 0.359. The van der Waals surface area contributed by atoms with Gasteiger partial charge in [-0.05, 0) is 12.1 Å². The number of nitrogens with zero attached hydrogens (tertiary/aromatic N) is 1. The predicted octanol–water partition coefficient (Wildman–Crippen LogP) is 1.45. The van der Waals surface area contributed by atoms with Gasteiger partial charge in [0.05, 0.1) is 11.6 Å². The quantitative estimate of drug-likeness (QED) is 0.527. The fourth-order valence-corrected chi connectivity index (χ4v) is 0.878. The summed E-state index contributed by atoms with van der Waals surface area (Å²) in [5.74, 6) is 0. The monoisotopic (exact) mass is 185 g/mol. The van der Waals surface area contributed by atoms with Crippen molar-refractivity contribution < 1.29 is 9.53 Å². The second-order valence-corrected chi connectivity index (χ2v) is 2.62. The van der Waals surface area contributed by atoms with Crippen LogP contribution in [0, 0.1) is 0 Å². The third kappa shape index (κ3) is 2.88. The molecule has 0 fully saturated rings. The number of halogens is 1. The summed E-state index contributed by atoms with van der Waals surface area (Å²) in [7, 11) is 0. The molecule has 0 aliphatic rings. The van der Waals surface area contributed by atoms with E-state index in [4.69, 9.17) is 11.6 Å². The Morgan fingerprint density at radius 1 is 1.58 bits per heavy atom. The molecule has 0 bridgehead atoms. The maximum atomic E-state index is 9.79. The molecule has 64 valence electrons. The van der Waals surface area contributed by atoms with E-state index in [0.717, 1.165) is 5.69 Å². The summed E-state index contributed by atoms with van der Waals surface area (Å²) in [5.41, 5.74) is 0.862. The van der Waals surface area contributed by atoms with Crippen molar-refractivity contribution in [2.45, 2.75) is 6.42 Å². The Morgan fingerprint density at radius 2 is 2.42 bits per heavy atom. The zero-order valence-corrected chi connectivity index (χ0v) is 7.12. The van der Waals surface area contributed by atoms with Crippen molar-refractivity contribution in [2.75, 3.05) is 6.61 Å². The first kappa shape index (κ1) is 9.00. The Morgan fingerprint density at radius 3 is 3.00 bits per heavy atom. The average molecular weight is 186 g/mol. The van der Waals surface area contributed by atoms with Gasteiger partial charge in [0.1, 0.15) is 0 Å². The number of pyridine rings is 1. The molecule has 0 radical (unpaired) electrons. The van der Waals surface area contributed by atoms with Crippen molar-refractivity contribution in [3.05, 3.63) is 29.0 Å². The first-order valence-electron chi connectivity index (χ1n) is 3.48. The second kappa shape index (κ2) is 4.72. The summed E-state index contributed by atoms with van der Waals surface area (Å²) in [6.45, 7) is 0.786. The maximum absolute atomic E-state index is 9.79. The van der Waals surface area contributed by atoms with Gasteiger partial charge in [-0.15, -0.1) is 0 Å². The summed E-state index contributed by atoms with van der Waals surface area (Å²) in [6, 6.07) is 3.56. The van der Waals surface area contributed by atoms with Crippen LogP contribution in [0.1, 0.15) is 5.69 Å². The van der Waals surface area contributed by atoms with Gasteiger partial charge in [-0.3, -0.25) is 9.78 Å². The number of aromatic nitrogens is 1. The lowest BCUT2D eigenvalue weighted by atomic mass is 10.3. The summed E-state index contributed by atoms with van der Waals surface area (Å²) in [5, 5.41) is 0.607. The number of carbonyl (C=O) groups excluding carboxylic acids is 1. The highest BCUT2D eigenvalue weighted by molar-refractivity contribution is 6.30. The highest BCUT2D eigenvalue weighted by Crippen LogP contribution is 2.06. The highest BCUT2D eigenvalue weighted by Gasteiger charge is 1.93. The van der Waals surface area contributed by atoms with Crippen LogP contribution < -0.4 is 0 Å². The fourth-order valence-electron chi connectivity index (χ4n) is 0.766. The van der Waals surface area contributed by atoms with Gasteiger partial charge in [-0.1, -0.05) is 11.6 Å². The lowest BCUT2D eigenvalue weighted by molar-refractivity contribution is -0.128. The van der Waals surface area contributed by atoms with E-state index in [0.29, 0.717) is 24.5 Å². The van der Waals surface area contributed by atoms with E-state index in [1.54, 1.807) is 18.3 Å². The normalized spacial score (nSPS) is 9.42. The van der Waals surface area contributed by atoms with Crippen molar-refractivity contribution >= 4 is 18.1 Å². The summed E-state index contributed by atoms with van der Waals surface area (Å²) >= 11 is 5.62. The molecule has 0 aliphatic carbocycles. The molecule has 0 saturated carbocycles. The Labute approximate surface area is 75.3 Å². The Kier molecular flexibility index (Phi) is 3.54. The minimum Gasteiger partial charge on any atom is -0.467 e. The number of rotatable bonds is 4.